The monoisotopic (exact) mass is 451 g/mol. The van der Waals surface area contributed by atoms with E-state index in [1.165, 1.54) is 11.3 Å². The van der Waals surface area contributed by atoms with Crippen molar-refractivity contribution in [3.05, 3.63) is 86.2 Å². The van der Waals surface area contributed by atoms with Gasteiger partial charge in [-0.2, -0.15) is 10.4 Å². The first kappa shape index (κ1) is 20.3. The average molecular weight is 452 g/mol. The molecule has 0 aliphatic heterocycles. The number of aromatic nitrogens is 4. The van der Waals surface area contributed by atoms with Crippen LogP contribution < -0.4 is 0 Å². The first-order valence-electron chi connectivity index (χ1n) is 9.01. The maximum absolute atomic E-state index is 9.73. The van der Waals surface area contributed by atoms with Crippen LogP contribution in [-0.2, 0) is 6.54 Å². The number of hydrogen-bond donors (Lipinski definition) is 0. The van der Waals surface area contributed by atoms with Crippen molar-refractivity contribution in [3.63, 3.8) is 0 Å². The molecule has 0 amide bonds. The van der Waals surface area contributed by atoms with Gasteiger partial charge in [-0.3, -0.25) is 4.98 Å². The van der Waals surface area contributed by atoms with Crippen LogP contribution in [-0.4, -0.2) is 19.7 Å². The molecule has 4 aromatic rings. The Bertz CT molecular complexity index is 1270. The molecule has 0 unspecified atom stereocenters. The van der Waals surface area contributed by atoms with Gasteiger partial charge in [0.25, 0.3) is 0 Å². The largest absolute Gasteiger partial charge is 0.265 e. The predicted octanol–water partition coefficient (Wildman–Crippen LogP) is 6.13. The van der Waals surface area contributed by atoms with Crippen LogP contribution >= 0.6 is 34.5 Å². The molecule has 0 radical (unpaired) electrons. The maximum Gasteiger partial charge on any atom is 0.134 e. The highest BCUT2D eigenvalue weighted by Gasteiger charge is 2.16. The molecule has 8 heteroatoms. The molecule has 0 N–H and O–H groups in total. The molecule has 30 heavy (non-hydrogen) atoms. The van der Waals surface area contributed by atoms with Crippen LogP contribution in [0, 0.1) is 18.3 Å². The van der Waals surface area contributed by atoms with Crippen LogP contribution in [0.15, 0.2) is 54.2 Å². The molecule has 0 saturated heterocycles. The predicted molar refractivity (Wildman–Crippen MR) is 121 cm³/mol. The van der Waals surface area contributed by atoms with E-state index in [0.717, 1.165) is 22.5 Å². The fraction of sp³-hybridized carbons (Fsp3) is 0.0909. The summed E-state index contributed by atoms with van der Waals surface area (Å²) in [5, 5.41) is 17.9. The molecule has 1 aromatic carbocycles. The molecule has 0 aliphatic rings. The lowest BCUT2D eigenvalue weighted by atomic mass is 10.1. The molecule has 0 bridgehead atoms. The normalized spacial score (nSPS) is 11.5. The van der Waals surface area contributed by atoms with Crippen molar-refractivity contribution in [1.82, 2.24) is 19.7 Å². The van der Waals surface area contributed by atoms with Crippen LogP contribution in [0.3, 0.4) is 0 Å². The Balaban J connectivity index is 1.67. The van der Waals surface area contributed by atoms with E-state index in [-0.39, 0.29) is 0 Å². The summed E-state index contributed by atoms with van der Waals surface area (Å²) in [6.07, 6.45) is 5.17. The zero-order chi connectivity index (χ0) is 21.1. The van der Waals surface area contributed by atoms with Gasteiger partial charge in [0.1, 0.15) is 16.2 Å². The van der Waals surface area contributed by atoms with Gasteiger partial charge in [0.05, 0.1) is 23.5 Å². The second-order valence-electron chi connectivity index (χ2n) is 6.48. The van der Waals surface area contributed by atoms with Crippen LogP contribution in [0.2, 0.25) is 10.2 Å². The minimum Gasteiger partial charge on any atom is -0.265 e. The van der Waals surface area contributed by atoms with Gasteiger partial charge in [0.2, 0.25) is 0 Å². The molecule has 4 rings (SSSR count). The van der Waals surface area contributed by atoms with E-state index >= 15 is 0 Å². The van der Waals surface area contributed by atoms with Gasteiger partial charge in [-0.25, -0.2) is 9.67 Å². The van der Waals surface area contributed by atoms with Gasteiger partial charge in [0.15, 0.2) is 0 Å². The molecule has 3 heterocycles. The van der Waals surface area contributed by atoms with E-state index in [4.69, 9.17) is 23.2 Å². The summed E-state index contributed by atoms with van der Waals surface area (Å²) in [5.74, 6) is 0. The molecule has 0 fully saturated rings. The zero-order valence-electron chi connectivity index (χ0n) is 15.9. The van der Waals surface area contributed by atoms with Gasteiger partial charge in [0, 0.05) is 33.9 Å². The molecular weight excluding hydrogens is 437 g/mol. The second kappa shape index (κ2) is 8.80. The number of nitriles is 1. The van der Waals surface area contributed by atoms with E-state index < -0.39 is 0 Å². The maximum atomic E-state index is 9.73. The summed E-state index contributed by atoms with van der Waals surface area (Å²) in [6.45, 7) is 2.30. The molecule has 3 aromatic heterocycles. The molecule has 0 aliphatic carbocycles. The van der Waals surface area contributed by atoms with Crippen LogP contribution in [0.25, 0.3) is 22.9 Å². The molecule has 148 valence electrons. The SMILES string of the molecule is Cc1nn(Cc2ccccc2Cl)c(Cl)c1/C=C(/C#N)c1nc(-c2ccncc2)cs1. The number of nitrogens with zero attached hydrogens (tertiary/aromatic N) is 5. The fourth-order valence-electron chi connectivity index (χ4n) is 2.96. The number of hydrogen-bond acceptors (Lipinski definition) is 5. The van der Waals surface area contributed by atoms with Gasteiger partial charge >= 0.3 is 0 Å². The first-order chi connectivity index (χ1) is 14.6. The molecule has 0 atom stereocenters. The summed E-state index contributed by atoms with van der Waals surface area (Å²) in [4.78, 5) is 8.63. The Kier molecular flexibility index (Phi) is 5.96. The van der Waals surface area contributed by atoms with E-state index in [1.807, 2.05) is 48.7 Å². The third-order valence-corrected chi connectivity index (χ3v) is 6.15. The Morgan fingerprint density at radius 2 is 1.97 bits per heavy atom. The molecule has 5 nitrogen and oxygen atoms in total. The summed E-state index contributed by atoms with van der Waals surface area (Å²) < 4.78 is 1.68. The highest BCUT2D eigenvalue weighted by molar-refractivity contribution is 7.11. The second-order valence-corrected chi connectivity index (χ2v) is 8.11. The van der Waals surface area contributed by atoms with Crippen molar-refractivity contribution in [2.75, 3.05) is 0 Å². The fourth-order valence-corrected chi connectivity index (χ4v) is 4.24. The van der Waals surface area contributed by atoms with Crippen molar-refractivity contribution >= 4 is 46.2 Å². The van der Waals surface area contributed by atoms with Crippen LogP contribution in [0.1, 0.15) is 21.8 Å². The summed E-state index contributed by atoms with van der Waals surface area (Å²) >= 11 is 14.3. The highest BCUT2D eigenvalue weighted by atomic mass is 35.5. The van der Waals surface area contributed by atoms with Crippen molar-refractivity contribution in [2.45, 2.75) is 13.5 Å². The summed E-state index contributed by atoms with van der Waals surface area (Å²) in [5.41, 5.74) is 4.53. The third kappa shape index (κ3) is 4.14. The van der Waals surface area contributed by atoms with E-state index in [2.05, 4.69) is 21.1 Å². The van der Waals surface area contributed by atoms with E-state index in [9.17, 15) is 5.26 Å². The highest BCUT2D eigenvalue weighted by Crippen LogP contribution is 2.30. The number of aryl methyl sites for hydroxylation is 1. The van der Waals surface area contributed by atoms with Gasteiger partial charge in [-0.05, 0) is 36.8 Å². The summed E-state index contributed by atoms with van der Waals surface area (Å²) in [7, 11) is 0. The number of halogens is 2. The smallest absolute Gasteiger partial charge is 0.134 e. The Hall–Kier alpha value is -2.98. The topological polar surface area (TPSA) is 67.4 Å². The Morgan fingerprint density at radius 3 is 2.70 bits per heavy atom. The van der Waals surface area contributed by atoms with E-state index in [1.54, 1.807) is 23.2 Å². The third-order valence-electron chi connectivity index (χ3n) is 4.51. The molecule has 0 spiro atoms. The lowest BCUT2D eigenvalue weighted by molar-refractivity contribution is 0.680. The van der Waals surface area contributed by atoms with Crippen molar-refractivity contribution in [2.24, 2.45) is 0 Å². The van der Waals surface area contributed by atoms with E-state index in [0.29, 0.717) is 32.9 Å². The average Bonchev–Trinajstić information content (AvgIpc) is 3.34. The van der Waals surface area contributed by atoms with Crippen molar-refractivity contribution in [3.8, 4) is 17.3 Å². The standard InChI is InChI=1S/C22H15Cl2N5S/c1-14-18(21(24)29(28-14)12-16-4-2-3-5-19(16)23)10-17(11-25)22-27-20(13-30-22)15-6-8-26-9-7-15/h2-10,13H,12H2,1H3/b17-10-. The van der Waals surface area contributed by atoms with Gasteiger partial charge < -0.3 is 0 Å². The first-order valence-corrected chi connectivity index (χ1v) is 10.6. The number of pyridine rings is 1. The van der Waals surface area contributed by atoms with Gasteiger partial charge in [-0.1, -0.05) is 41.4 Å². The molecular formula is C22H15Cl2N5S. The summed E-state index contributed by atoms with van der Waals surface area (Å²) in [6, 6.07) is 13.6. The Labute approximate surface area is 187 Å². The number of rotatable bonds is 5. The van der Waals surface area contributed by atoms with Crippen molar-refractivity contribution in [1.29, 1.82) is 5.26 Å². The zero-order valence-corrected chi connectivity index (χ0v) is 18.2. The minimum atomic E-state index is 0.433. The quantitative estimate of drug-likeness (QED) is 0.342. The van der Waals surface area contributed by atoms with Crippen LogP contribution in [0.4, 0.5) is 0 Å². The number of allylic oxidation sites excluding steroid dienone is 1. The number of thiazole rings is 1. The van der Waals surface area contributed by atoms with Crippen molar-refractivity contribution < 1.29 is 0 Å². The number of benzene rings is 1. The molecule has 0 saturated carbocycles. The minimum absolute atomic E-state index is 0.433. The van der Waals surface area contributed by atoms with Gasteiger partial charge in [-0.15, -0.1) is 11.3 Å². The lowest BCUT2D eigenvalue weighted by Gasteiger charge is -2.05. The van der Waals surface area contributed by atoms with Crippen LogP contribution in [0.5, 0.6) is 0 Å². The lowest BCUT2D eigenvalue weighted by Crippen LogP contribution is -2.02. The Morgan fingerprint density at radius 1 is 1.20 bits per heavy atom.